The molecule has 4 rings (SSSR count). The number of esters is 1. The Labute approximate surface area is 166 Å². The van der Waals surface area contributed by atoms with E-state index >= 15 is 0 Å². The summed E-state index contributed by atoms with van der Waals surface area (Å²) in [6.07, 6.45) is 8.53. The molecule has 28 heavy (non-hydrogen) atoms. The summed E-state index contributed by atoms with van der Waals surface area (Å²) >= 11 is 0. The molecule has 0 radical (unpaired) electrons. The van der Waals surface area contributed by atoms with Crippen molar-refractivity contribution in [2.45, 2.75) is 77.7 Å². The van der Waals surface area contributed by atoms with Gasteiger partial charge in [0, 0.05) is 18.8 Å². The lowest BCUT2D eigenvalue weighted by Gasteiger charge is -2.58. The lowest BCUT2D eigenvalue weighted by molar-refractivity contribution is -0.169. The van der Waals surface area contributed by atoms with E-state index in [0.29, 0.717) is 30.6 Å². The Kier molecular flexibility index (Phi) is 4.61. The molecule has 0 aromatic heterocycles. The van der Waals surface area contributed by atoms with Crippen molar-refractivity contribution in [1.29, 1.82) is 0 Å². The van der Waals surface area contributed by atoms with Crippen LogP contribution in [0.1, 0.15) is 72.1 Å². The van der Waals surface area contributed by atoms with Gasteiger partial charge in [0.2, 0.25) is 5.78 Å². The molecule has 5 nitrogen and oxygen atoms in total. The van der Waals surface area contributed by atoms with Crippen LogP contribution in [0.15, 0.2) is 11.6 Å². The van der Waals surface area contributed by atoms with E-state index in [2.05, 4.69) is 13.8 Å². The fourth-order valence-corrected chi connectivity index (χ4v) is 7.32. The van der Waals surface area contributed by atoms with Gasteiger partial charge in [-0.1, -0.05) is 19.4 Å². The van der Waals surface area contributed by atoms with Crippen LogP contribution < -0.4 is 0 Å². The fraction of sp³-hybridized carbons (Fsp3) is 0.783. The number of ether oxygens (including phenoxy) is 1. The summed E-state index contributed by atoms with van der Waals surface area (Å²) in [7, 11) is 0. The maximum atomic E-state index is 12.8. The summed E-state index contributed by atoms with van der Waals surface area (Å²) in [5, 5.41) is 11.5. The van der Waals surface area contributed by atoms with Gasteiger partial charge in [-0.2, -0.15) is 0 Å². The van der Waals surface area contributed by atoms with E-state index in [9.17, 15) is 19.5 Å². The maximum absolute atomic E-state index is 12.8. The number of allylic oxidation sites excluding steroid dienone is 1. The molecule has 5 heteroatoms. The van der Waals surface area contributed by atoms with Gasteiger partial charge in [0.1, 0.15) is 5.60 Å². The summed E-state index contributed by atoms with van der Waals surface area (Å²) in [6.45, 7) is 5.35. The first kappa shape index (κ1) is 19.8. The lowest BCUT2D eigenvalue weighted by atomic mass is 9.46. The van der Waals surface area contributed by atoms with Crippen molar-refractivity contribution < 1.29 is 24.2 Å². The van der Waals surface area contributed by atoms with Gasteiger partial charge in [0.15, 0.2) is 12.4 Å². The zero-order valence-corrected chi connectivity index (χ0v) is 17.3. The highest BCUT2D eigenvalue weighted by Crippen LogP contribution is 2.67. The van der Waals surface area contributed by atoms with E-state index in [1.54, 1.807) is 0 Å². The molecule has 4 aliphatic carbocycles. The largest absolute Gasteiger partial charge is 0.458 e. The van der Waals surface area contributed by atoms with E-state index in [-0.39, 0.29) is 23.6 Å². The van der Waals surface area contributed by atoms with E-state index < -0.39 is 17.0 Å². The number of hydrogen-bond acceptors (Lipinski definition) is 5. The molecule has 0 unspecified atom stereocenters. The maximum Gasteiger partial charge on any atom is 0.303 e. The highest BCUT2D eigenvalue weighted by atomic mass is 16.5. The summed E-state index contributed by atoms with van der Waals surface area (Å²) in [5.41, 5.74) is -0.459. The normalized spacial score (nSPS) is 44.8. The molecule has 0 aromatic carbocycles. The zero-order chi connectivity index (χ0) is 20.3. The van der Waals surface area contributed by atoms with E-state index in [0.717, 1.165) is 38.5 Å². The Hall–Kier alpha value is -1.49. The molecule has 6 atom stereocenters. The van der Waals surface area contributed by atoms with Crippen LogP contribution in [0.4, 0.5) is 0 Å². The molecule has 1 N–H and O–H groups in total. The number of aliphatic hydroxyl groups is 1. The average molecular weight is 389 g/mol. The van der Waals surface area contributed by atoms with Crippen molar-refractivity contribution in [3.8, 4) is 0 Å². The van der Waals surface area contributed by atoms with Crippen LogP contribution in [0.25, 0.3) is 0 Å². The molecule has 0 aliphatic heterocycles. The van der Waals surface area contributed by atoms with Gasteiger partial charge < -0.3 is 9.84 Å². The topological polar surface area (TPSA) is 80.7 Å². The number of Topliss-reactive ketones (excluding diaryl/α,β-unsaturated/α-hetero) is 1. The predicted octanol–water partition coefficient (Wildman–Crippen LogP) is 3.38. The lowest BCUT2D eigenvalue weighted by Crippen LogP contribution is -2.58. The summed E-state index contributed by atoms with van der Waals surface area (Å²) in [4.78, 5) is 35.9. The van der Waals surface area contributed by atoms with Gasteiger partial charge in [0.25, 0.3) is 0 Å². The number of ketones is 2. The molecule has 0 bridgehead atoms. The molecular weight excluding hydrogens is 356 g/mol. The highest BCUT2D eigenvalue weighted by molar-refractivity contribution is 5.92. The third-order valence-corrected chi connectivity index (χ3v) is 8.98. The Balaban J connectivity index is 1.60. The number of hydrogen-bond donors (Lipinski definition) is 1. The first-order chi connectivity index (χ1) is 13.1. The average Bonchev–Trinajstić information content (AvgIpc) is 2.92. The Morgan fingerprint density at radius 3 is 2.54 bits per heavy atom. The molecule has 0 amide bonds. The van der Waals surface area contributed by atoms with Crippen molar-refractivity contribution in [2.75, 3.05) is 6.61 Å². The molecule has 0 aromatic rings. The Morgan fingerprint density at radius 1 is 1.11 bits per heavy atom. The second-order valence-electron chi connectivity index (χ2n) is 10.0. The molecular formula is C23H32O5. The van der Waals surface area contributed by atoms with E-state index in [1.807, 2.05) is 6.08 Å². The van der Waals surface area contributed by atoms with Gasteiger partial charge in [-0.3, -0.25) is 14.4 Å². The minimum atomic E-state index is -1.41. The standard InChI is InChI=1S/C23H32O5/c1-14(24)28-13-20(26)23(27)11-8-19-17-5-4-15-12-16(25)6-9-21(15,2)18(17)7-10-22(19,23)3/h12,17-19,27H,4-11,13H2,1-3H3/t17-,18+,19+,21+,22+,23+/m0/s1. The SMILES string of the molecule is CC(=O)OCC(=O)[C@]1(O)CC[C@@H]2[C@H]3CCC4=CC(=O)CC[C@@]4(C)[C@@H]3CC[C@]21C. The molecule has 3 fully saturated rings. The molecule has 4 aliphatic rings. The predicted molar refractivity (Wildman–Crippen MR) is 103 cm³/mol. The van der Waals surface area contributed by atoms with Crippen LogP contribution in [0.2, 0.25) is 0 Å². The number of carbonyl (C=O) groups is 3. The third kappa shape index (κ3) is 2.65. The minimum Gasteiger partial charge on any atom is -0.458 e. The minimum absolute atomic E-state index is 0.0839. The van der Waals surface area contributed by atoms with Crippen LogP contribution >= 0.6 is 0 Å². The van der Waals surface area contributed by atoms with Gasteiger partial charge >= 0.3 is 5.97 Å². The summed E-state index contributed by atoms with van der Waals surface area (Å²) in [5.74, 6) is 0.712. The van der Waals surface area contributed by atoms with Gasteiger partial charge in [0.05, 0.1) is 0 Å². The number of rotatable bonds is 3. The molecule has 0 heterocycles. The van der Waals surface area contributed by atoms with Crippen LogP contribution in [0, 0.1) is 28.6 Å². The van der Waals surface area contributed by atoms with E-state index in [4.69, 9.17) is 4.74 Å². The number of carbonyl (C=O) groups excluding carboxylic acids is 3. The van der Waals surface area contributed by atoms with Crippen LogP contribution in [-0.4, -0.2) is 34.9 Å². The molecule has 0 spiro atoms. The number of fused-ring (bicyclic) bond motifs is 5. The second kappa shape index (κ2) is 6.51. The smallest absolute Gasteiger partial charge is 0.303 e. The van der Waals surface area contributed by atoms with Crippen molar-refractivity contribution in [3.05, 3.63) is 11.6 Å². The highest BCUT2D eigenvalue weighted by Gasteiger charge is 2.66. The van der Waals surface area contributed by atoms with Crippen LogP contribution in [0.3, 0.4) is 0 Å². The zero-order valence-electron chi connectivity index (χ0n) is 17.3. The molecule has 3 saturated carbocycles. The third-order valence-electron chi connectivity index (χ3n) is 8.98. The Morgan fingerprint density at radius 2 is 1.82 bits per heavy atom. The quantitative estimate of drug-likeness (QED) is 0.750. The second-order valence-corrected chi connectivity index (χ2v) is 10.0. The molecule has 0 saturated heterocycles. The van der Waals surface area contributed by atoms with Crippen LogP contribution in [0.5, 0.6) is 0 Å². The van der Waals surface area contributed by atoms with Crippen LogP contribution in [-0.2, 0) is 19.1 Å². The fourth-order valence-electron chi connectivity index (χ4n) is 7.32. The van der Waals surface area contributed by atoms with Gasteiger partial charge in [-0.05, 0) is 74.2 Å². The van der Waals surface area contributed by atoms with E-state index in [1.165, 1.54) is 12.5 Å². The van der Waals surface area contributed by atoms with Gasteiger partial charge in [-0.15, -0.1) is 0 Å². The molecule has 154 valence electrons. The van der Waals surface area contributed by atoms with Crippen molar-refractivity contribution in [1.82, 2.24) is 0 Å². The summed E-state index contributed by atoms with van der Waals surface area (Å²) in [6, 6.07) is 0. The van der Waals surface area contributed by atoms with Crippen molar-refractivity contribution >= 4 is 17.5 Å². The first-order valence-electron chi connectivity index (χ1n) is 10.7. The first-order valence-corrected chi connectivity index (χ1v) is 10.7. The van der Waals surface area contributed by atoms with Crippen molar-refractivity contribution in [3.63, 3.8) is 0 Å². The monoisotopic (exact) mass is 388 g/mol. The Bertz CT molecular complexity index is 754. The summed E-state index contributed by atoms with van der Waals surface area (Å²) < 4.78 is 4.92. The van der Waals surface area contributed by atoms with Crippen molar-refractivity contribution in [2.24, 2.45) is 28.6 Å². The van der Waals surface area contributed by atoms with Gasteiger partial charge in [-0.25, -0.2) is 0 Å².